The van der Waals surface area contributed by atoms with Gasteiger partial charge in [-0.25, -0.2) is 4.79 Å². The van der Waals surface area contributed by atoms with Crippen molar-refractivity contribution in [3.63, 3.8) is 0 Å². The predicted molar refractivity (Wildman–Crippen MR) is 53.2 cm³/mol. The number of aliphatic hydroxyl groups excluding tert-OH is 1. The van der Waals surface area contributed by atoms with Crippen LogP contribution in [0.15, 0.2) is 12.1 Å². The second kappa shape index (κ2) is 4.58. The van der Waals surface area contributed by atoms with Crippen LogP contribution in [0.3, 0.4) is 0 Å². The molecule has 0 aliphatic carbocycles. The zero-order valence-electron chi connectivity index (χ0n) is 8.57. The van der Waals surface area contributed by atoms with Gasteiger partial charge in [0.2, 0.25) is 0 Å². The number of carbonyl (C=O) groups excluding carboxylic acids is 1. The standard InChI is InChI=1S/C11H11NO3/c1-7-3-4-8(6-13)9(5-12)10(7)11(14)15-2/h3-4,13H,6H2,1-2H3. The van der Waals surface area contributed by atoms with Gasteiger partial charge >= 0.3 is 5.97 Å². The van der Waals surface area contributed by atoms with Crippen molar-refractivity contribution in [2.24, 2.45) is 0 Å². The first-order chi connectivity index (χ1) is 7.15. The number of aliphatic hydroxyl groups is 1. The summed E-state index contributed by atoms with van der Waals surface area (Å²) in [5, 5.41) is 17.9. The minimum atomic E-state index is -0.556. The molecule has 0 aromatic heterocycles. The van der Waals surface area contributed by atoms with Crippen LogP contribution in [0.1, 0.15) is 27.0 Å². The lowest BCUT2D eigenvalue weighted by Crippen LogP contribution is -2.09. The summed E-state index contributed by atoms with van der Waals surface area (Å²) in [6.07, 6.45) is 0. The Morgan fingerprint density at radius 3 is 2.73 bits per heavy atom. The van der Waals surface area contributed by atoms with Crippen LogP contribution in [0, 0.1) is 18.3 Å². The van der Waals surface area contributed by atoms with Crippen molar-refractivity contribution in [1.82, 2.24) is 0 Å². The number of esters is 1. The Morgan fingerprint density at radius 1 is 1.60 bits per heavy atom. The summed E-state index contributed by atoms with van der Waals surface area (Å²) in [7, 11) is 1.26. The van der Waals surface area contributed by atoms with Crippen LogP contribution < -0.4 is 0 Å². The van der Waals surface area contributed by atoms with E-state index in [2.05, 4.69) is 4.74 Å². The molecule has 0 radical (unpaired) electrons. The normalized spacial score (nSPS) is 9.47. The Labute approximate surface area is 87.7 Å². The van der Waals surface area contributed by atoms with E-state index in [0.29, 0.717) is 11.1 Å². The highest BCUT2D eigenvalue weighted by Gasteiger charge is 2.17. The van der Waals surface area contributed by atoms with Gasteiger partial charge in [-0.3, -0.25) is 0 Å². The second-order valence-electron chi connectivity index (χ2n) is 3.05. The first-order valence-corrected chi connectivity index (χ1v) is 4.37. The van der Waals surface area contributed by atoms with Gasteiger partial charge in [0.1, 0.15) is 6.07 Å². The molecule has 0 aliphatic rings. The van der Waals surface area contributed by atoms with Gasteiger partial charge in [-0.1, -0.05) is 12.1 Å². The molecule has 1 aromatic carbocycles. The summed E-state index contributed by atoms with van der Waals surface area (Å²) in [5.74, 6) is -0.556. The molecule has 0 heterocycles. The second-order valence-corrected chi connectivity index (χ2v) is 3.05. The summed E-state index contributed by atoms with van der Waals surface area (Å²) in [6.45, 7) is 1.45. The molecule has 0 aliphatic heterocycles. The number of rotatable bonds is 2. The molecule has 1 N–H and O–H groups in total. The average molecular weight is 205 g/mol. The maximum Gasteiger partial charge on any atom is 0.339 e. The molecule has 0 amide bonds. The van der Waals surface area contributed by atoms with Crippen LogP contribution in [-0.2, 0) is 11.3 Å². The number of hydrogen-bond acceptors (Lipinski definition) is 4. The number of hydrogen-bond donors (Lipinski definition) is 1. The van der Waals surface area contributed by atoms with E-state index < -0.39 is 5.97 Å². The fourth-order valence-electron chi connectivity index (χ4n) is 1.37. The molecule has 15 heavy (non-hydrogen) atoms. The predicted octanol–water partition coefficient (Wildman–Crippen LogP) is 1.15. The summed E-state index contributed by atoms with van der Waals surface area (Å²) >= 11 is 0. The number of carbonyl (C=O) groups is 1. The van der Waals surface area contributed by atoms with E-state index in [9.17, 15) is 4.79 Å². The third-order valence-electron chi connectivity index (χ3n) is 2.17. The van der Waals surface area contributed by atoms with Crippen LogP contribution in [0.25, 0.3) is 0 Å². The molecular formula is C11H11NO3. The number of methoxy groups -OCH3 is 1. The molecule has 0 bridgehead atoms. The maximum atomic E-state index is 11.4. The largest absolute Gasteiger partial charge is 0.465 e. The van der Waals surface area contributed by atoms with E-state index in [1.165, 1.54) is 7.11 Å². The molecule has 0 saturated carbocycles. The Morgan fingerprint density at radius 2 is 2.27 bits per heavy atom. The number of benzene rings is 1. The van der Waals surface area contributed by atoms with Crippen molar-refractivity contribution in [1.29, 1.82) is 5.26 Å². The zero-order chi connectivity index (χ0) is 11.4. The molecule has 78 valence electrons. The highest BCUT2D eigenvalue weighted by molar-refractivity contribution is 5.94. The van der Waals surface area contributed by atoms with E-state index in [1.807, 2.05) is 6.07 Å². The molecule has 0 unspecified atom stereocenters. The number of ether oxygens (including phenoxy) is 1. The third-order valence-corrected chi connectivity index (χ3v) is 2.17. The summed E-state index contributed by atoms with van der Waals surface area (Å²) in [5.41, 5.74) is 1.51. The Hall–Kier alpha value is -1.86. The van der Waals surface area contributed by atoms with Crippen molar-refractivity contribution in [3.8, 4) is 6.07 Å². The quantitative estimate of drug-likeness (QED) is 0.735. The van der Waals surface area contributed by atoms with Gasteiger partial charge < -0.3 is 9.84 Å². The lowest BCUT2D eigenvalue weighted by molar-refractivity contribution is 0.0599. The van der Waals surface area contributed by atoms with Gasteiger partial charge in [-0.05, 0) is 18.1 Å². The molecule has 1 rings (SSSR count). The molecule has 0 fully saturated rings. The zero-order valence-corrected chi connectivity index (χ0v) is 8.57. The Kier molecular flexibility index (Phi) is 3.42. The summed E-state index contributed by atoms with van der Waals surface area (Å²) < 4.78 is 4.59. The van der Waals surface area contributed by atoms with Gasteiger partial charge in [-0.15, -0.1) is 0 Å². The molecule has 0 saturated heterocycles. The van der Waals surface area contributed by atoms with Crippen molar-refractivity contribution >= 4 is 5.97 Å². The molecule has 4 nitrogen and oxygen atoms in total. The van der Waals surface area contributed by atoms with Crippen LogP contribution in [0.4, 0.5) is 0 Å². The van der Waals surface area contributed by atoms with Crippen molar-refractivity contribution in [3.05, 3.63) is 34.4 Å². The van der Waals surface area contributed by atoms with E-state index in [1.54, 1.807) is 19.1 Å². The van der Waals surface area contributed by atoms with Crippen molar-refractivity contribution in [2.45, 2.75) is 13.5 Å². The van der Waals surface area contributed by atoms with Gasteiger partial charge in [-0.2, -0.15) is 5.26 Å². The van der Waals surface area contributed by atoms with Gasteiger partial charge in [0.05, 0.1) is 24.8 Å². The molecular weight excluding hydrogens is 194 g/mol. The lowest BCUT2D eigenvalue weighted by Gasteiger charge is -2.08. The average Bonchev–Trinajstić information content (AvgIpc) is 2.27. The van der Waals surface area contributed by atoms with Crippen molar-refractivity contribution in [2.75, 3.05) is 7.11 Å². The van der Waals surface area contributed by atoms with E-state index in [0.717, 1.165) is 0 Å². The highest BCUT2D eigenvalue weighted by atomic mass is 16.5. The maximum absolute atomic E-state index is 11.4. The Bertz CT molecular complexity index is 432. The fraction of sp³-hybridized carbons (Fsp3) is 0.273. The molecule has 0 spiro atoms. The monoisotopic (exact) mass is 205 g/mol. The van der Waals surface area contributed by atoms with Crippen molar-refractivity contribution < 1.29 is 14.6 Å². The minimum Gasteiger partial charge on any atom is -0.465 e. The van der Waals surface area contributed by atoms with E-state index in [4.69, 9.17) is 10.4 Å². The number of aryl methyl sites for hydroxylation is 1. The summed E-state index contributed by atoms with van der Waals surface area (Å²) in [4.78, 5) is 11.4. The van der Waals surface area contributed by atoms with Crippen LogP contribution in [0.2, 0.25) is 0 Å². The molecule has 0 atom stereocenters. The first-order valence-electron chi connectivity index (χ1n) is 4.37. The minimum absolute atomic E-state index is 0.185. The highest BCUT2D eigenvalue weighted by Crippen LogP contribution is 2.19. The van der Waals surface area contributed by atoms with Crippen LogP contribution in [0.5, 0.6) is 0 Å². The van der Waals surface area contributed by atoms with E-state index in [-0.39, 0.29) is 17.7 Å². The number of nitriles is 1. The van der Waals surface area contributed by atoms with Crippen LogP contribution >= 0.6 is 0 Å². The number of nitrogens with zero attached hydrogens (tertiary/aromatic N) is 1. The topological polar surface area (TPSA) is 70.3 Å². The third kappa shape index (κ3) is 1.97. The Balaban J connectivity index is 3.47. The fourth-order valence-corrected chi connectivity index (χ4v) is 1.37. The smallest absolute Gasteiger partial charge is 0.339 e. The van der Waals surface area contributed by atoms with Gasteiger partial charge in [0, 0.05) is 0 Å². The lowest BCUT2D eigenvalue weighted by atomic mass is 9.98. The van der Waals surface area contributed by atoms with E-state index >= 15 is 0 Å². The van der Waals surface area contributed by atoms with Crippen LogP contribution in [-0.4, -0.2) is 18.2 Å². The first kappa shape index (κ1) is 11.2. The molecule has 1 aromatic rings. The summed E-state index contributed by atoms with van der Waals surface area (Å²) in [6, 6.07) is 5.21. The SMILES string of the molecule is COC(=O)c1c(C)ccc(CO)c1C#N. The molecule has 4 heteroatoms. The van der Waals surface area contributed by atoms with Gasteiger partial charge in [0.25, 0.3) is 0 Å². The van der Waals surface area contributed by atoms with Gasteiger partial charge in [0.15, 0.2) is 0 Å².